The van der Waals surface area contributed by atoms with Crippen molar-refractivity contribution in [1.29, 1.82) is 0 Å². The lowest BCUT2D eigenvalue weighted by Gasteiger charge is -2.30. The van der Waals surface area contributed by atoms with Gasteiger partial charge in [-0.05, 0) is 74.7 Å². The summed E-state index contributed by atoms with van der Waals surface area (Å²) in [5.74, 6) is 0.191. The van der Waals surface area contributed by atoms with Gasteiger partial charge < -0.3 is 14.6 Å². The van der Waals surface area contributed by atoms with E-state index in [1.807, 2.05) is 48.8 Å². The molecule has 0 aliphatic carbocycles. The van der Waals surface area contributed by atoms with E-state index in [1.54, 1.807) is 0 Å². The number of nitrogens with one attached hydrogen (secondary N) is 1. The van der Waals surface area contributed by atoms with Crippen LogP contribution in [0.2, 0.25) is 5.02 Å². The molecule has 1 N–H and O–H groups in total. The van der Waals surface area contributed by atoms with Gasteiger partial charge in [-0.1, -0.05) is 29.8 Å². The number of methoxy groups -OCH3 is 1. The highest BCUT2D eigenvalue weighted by Gasteiger charge is 2.25. The van der Waals surface area contributed by atoms with Gasteiger partial charge in [0.2, 0.25) is 0 Å². The quantitative estimate of drug-likeness (QED) is 0.342. The van der Waals surface area contributed by atoms with Crippen molar-refractivity contribution < 1.29 is 9.53 Å². The summed E-state index contributed by atoms with van der Waals surface area (Å²) in [6.07, 6.45) is 8.26. The number of esters is 1. The van der Waals surface area contributed by atoms with Crippen LogP contribution in [-0.2, 0) is 4.74 Å². The lowest BCUT2D eigenvalue weighted by molar-refractivity contribution is 0.0603. The molecular formula is C28H28ClN3O2. The zero-order chi connectivity index (χ0) is 23.7. The number of hydrogen-bond acceptors (Lipinski definition) is 4. The predicted octanol–water partition coefficient (Wildman–Crippen LogP) is 6.37. The number of nitrogens with zero attached hydrogens (tertiary/aromatic N) is 2. The van der Waals surface area contributed by atoms with Gasteiger partial charge in [0.05, 0.1) is 12.7 Å². The number of fused-ring (bicyclic) bond motifs is 1. The first-order valence-corrected chi connectivity index (χ1v) is 12.1. The number of carbonyl (C=O) groups is 1. The number of pyridine rings is 1. The van der Waals surface area contributed by atoms with Gasteiger partial charge >= 0.3 is 5.97 Å². The number of rotatable bonds is 5. The van der Waals surface area contributed by atoms with E-state index in [0.717, 1.165) is 46.2 Å². The van der Waals surface area contributed by atoms with Crippen LogP contribution in [0.5, 0.6) is 0 Å². The van der Waals surface area contributed by atoms with Gasteiger partial charge in [0.1, 0.15) is 0 Å². The molecule has 2 aromatic heterocycles. The number of hydrogen-bond donors (Lipinski definition) is 1. The summed E-state index contributed by atoms with van der Waals surface area (Å²) in [6.45, 7) is 4.35. The molecule has 2 aromatic carbocycles. The van der Waals surface area contributed by atoms with E-state index in [2.05, 4.69) is 40.1 Å². The van der Waals surface area contributed by atoms with Crippen LogP contribution < -0.4 is 5.32 Å². The van der Waals surface area contributed by atoms with Gasteiger partial charge in [0, 0.05) is 57.2 Å². The molecule has 5 rings (SSSR count). The Hall–Kier alpha value is -3.15. The molecule has 2 unspecified atom stereocenters. The predicted molar refractivity (Wildman–Crippen MR) is 137 cm³/mol. The molecule has 4 aromatic rings. The average Bonchev–Trinajstić information content (AvgIpc) is 3.29. The molecule has 3 heterocycles. The van der Waals surface area contributed by atoms with Crippen molar-refractivity contribution in [1.82, 2.24) is 14.9 Å². The summed E-state index contributed by atoms with van der Waals surface area (Å²) in [5.41, 5.74) is 5.58. The molecule has 5 nitrogen and oxygen atoms in total. The molecule has 0 radical (unpaired) electrons. The van der Waals surface area contributed by atoms with E-state index in [9.17, 15) is 4.79 Å². The standard InChI is InChI=1S/C28H28ClN3O2/c1-18(20-5-4-12-30-14-20)32-17-25(27-24(28(33)34-2)6-3-7-26(27)32)22-13-21(15-31-16-22)19-8-10-23(29)11-9-19/h3,6-11,13,15-18,20,30H,4-5,12,14H2,1-2H3. The molecular weight excluding hydrogens is 446 g/mol. The van der Waals surface area contributed by atoms with Crippen molar-refractivity contribution in [2.75, 3.05) is 20.2 Å². The van der Waals surface area contributed by atoms with Gasteiger partial charge in [0.15, 0.2) is 0 Å². The summed E-state index contributed by atoms with van der Waals surface area (Å²) >= 11 is 6.08. The molecule has 1 aliphatic rings. The molecule has 174 valence electrons. The first-order chi connectivity index (χ1) is 16.6. The molecule has 1 fully saturated rings. The number of aromatic nitrogens is 2. The van der Waals surface area contributed by atoms with Crippen molar-refractivity contribution in [2.24, 2.45) is 5.92 Å². The van der Waals surface area contributed by atoms with Crippen LogP contribution in [0.3, 0.4) is 0 Å². The fraction of sp³-hybridized carbons (Fsp3) is 0.286. The summed E-state index contributed by atoms with van der Waals surface area (Å²) < 4.78 is 7.46. The highest BCUT2D eigenvalue weighted by Crippen LogP contribution is 2.38. The largest absolute Gasteiger partial charge is 0.465 e. The summed E-state index contributed by atoms with van der Waals surface area (Å²) in [7, 11) is 1.43. The van der Waals surface area contributed by atoms with Crippen LogP contribution >= 0.6 is 11.6 Å². The van der Waals surface area contributed by atoms with Crippen LogP contribution in [0, 0.1) is 5.92 Å². The molecule has 34 heavy (non-hydrogen) atoms. The van der Waals surface area contributed by atoms with Crippen LogP contribution in [0.15, 0.2) is 67.1 Å². The maximum atomic E-state index is 12.7. The summed E-state index contributed by atoms with van der Waals surface area (Å²) in [6, 6.07) is 16.0. The zero-order valence-corrected chi connectivity index (χ0v) is 20.2. The highest BCUT2D eigenvalue weighted by molar-refractivity contribution is 6.30. The second-order valence-corrected chi connectivity index (χ2v) is 9.39. The molecule has 0 spiro atoms. The first-order valence-electron chi connectivity index (χ1n) is 11.7. The Kier molecular flexibility index (Phi) is 6.40. The minimum Gasteiger partial charge on any atom is -0.465 e. The number of halogens is 1. The third-order valence-corrected chi connectivity index (χ3v) is 7.20. The van der Waals surface area contributed by atoms with Gasteiger partial charge in [-0.2, -0.15) is 0 Å². The van der Waals surface area contributed by atoms with Crippen LogP contribution in [-0.4, -0.2) is 35.7 Å². The van der Waals surface area contributed by atoms with Crippen LogP contribution in [0.1, 0.15) is 36.2 Å². The van der Waals surface area contributed by atoms with Crippen molar-refractivity contribution in [2.45, 2.75) is 25.8 Å². The molecule has 0 bridgehead atoms. The first kappa shape index (κ1) is 22.6. The lowest BCUT2D eigenvalue weighted by atomic mass is 9.92. The van der Waals surface area contributed by atoms with Crippen LogP contribution in [0.25, 0.3) is 33.2 Å². The Balaban J connectivity index is 1.68. The minimum atomic E-state index is -0.335. The Labute approximate surface area is 204 Å². The van der Waals surface area contributed by atoms with E-state index >= 15 is 0 Å². The zero-order valence-electron chi connectivity index (χ0n) is 19.4. The number of benzene rings is 2. The maximum Gasteiger partial charge on any atom is 0.338 e. The molecule has 2 atom stereocenters. The van der Waals surface area contributed by atoms with E-state index in [-0.39, 0.29) is 12.0 Å². The van der Waals surface area contributed by atoms with E-state index in [1.165, 1.54) is 20.0 Å². The summed E-state index contributed by atoms with van der Waals surface area (Å²) in [5, 5.41) is 5.14. The number of piperidine rings is 1. The smallest absolute Gasteiger partial charge is 0.338 e. The fourth-order valence-corrected chi connectivity index (χ4v) is 5.18. The normalized spacial score (nSPS) is 17.0. The van der Waals surface area contributed by atoms with Crippen LogP contribution in [0.4, 0.5) is 0 Å². The average molecular weight is 474 g/mol. The van der Waals surface area contributed by atoms with E-state index < -0.39 is 0 Å². The van der Waals surface area contributed by atoms with Gasteiger partial charge in [0.25, 0.3) is 0 Å². The number of carbonyl (C=O) groups excluding carboxylic acids is 1. The monoisotopic (exact) mass is 473 g/mol. The van der Waals surface area contributed by atoms with Crippen molar-refractivity contribution in [3.8, 4) is 22.3 Å². The topological polar surface area (TPSA) is 56.1 Å². The van der Waals surface area contributed by atoms with Gasteiger partial charge in [-0.25, -0.2) is 4.79 Å². The Morgan fingerprint density at radius 2 is 1.94 bits per heavy atom. The lowest BCUT2D eigenvalue weighted by Crippen LogP contribution is -2.34. The van der Waals surface area contributed by atoms with E-state index in [0.29, 0.717) is 16.5 Å². The SMILES string of the molecule is COC(=O)c1cccc2c1c(-c1cncc(-c3ccc(Cl)cc3)c1)cn2C(C)C1CCCNC1. The van der Waals surface area contributed by atoms with Crippen molar-refractivity contribution >= 4 is 28.5 Å². The van der Waals surface area contributed by atoms with Gasteiger partial charge in [-0.15, -0.1) is 0 Å². The minimum absolute atomic E-state index is 0.282. The Morgan fingerprint density at radius 3 is 2.68 bits per heavy atom. The molecule has 0 saturated carbocycles. The van der Waals surface area contributed by atoms with Crippen molar-refractivity contribution in [3.05, 3.63) is 77.7 Å². The third kappa shape index (κ3) is 4.22. The molecule has 0 amide bonds. The molecule has 1 saturated heterocycles. The second-order valence-electron chi connectivity index (χ2n) is 8.96. The Bertz CT molecular complexity index is 1320. The van der Waals surface area contributed by atoms with E-state index in [4.69, 9.17) is 16.3 Å². The molecule has 1 aliphatic heterocycles. The van der Waals surface area contributed by atoms with Crippen molar-refractivity contribution in [3.63, 3.8) is 0 Å². The molecule has 6 heteroatoms. The highest BCUT2D eigenvalue weighted by atomic mass is 35.5. The second kappa shape index (κ2) is 9.61. The third-order valence-electron chi connectivity index (χ3n) is 6.95. The maximum absolute atomic E-state index is 12.7. The fourth-order valence-electron chi connectivity index (χ4n) is 5.05. The Morgan fingerprint density at radius 1 is 1.15 bits per heavy atom. The summed E-state index contributed by atoms with van der Waals surface area (Å²) in [4.78, 5) is 17.3. The number of ether oxygens (including phenoxy) is 1. The van der Waals surface area contributed by atoms with Gasteiger partial charge in [-0.3, -0.25) is 4.98 Å².